The molecular weight excluding hydrogens is 757 g/mol. The quantitative estimate of drug-likeness (QED) is 0.0337. The molecule has 0 saturated heterocycles. The molecule has 50 heavy (non-hydrogen) atoms. The summed E-state index contributed by atoms with van der Waals surface area (Å²) in [5.74, 6) is -1.13. The molecule has 13 heteroatoms. The largest absolute Gasteiger partial charge is 0.460 e. The van der Waals surface area contributed by atoms with Gasteiger partial charge in [0.1, 0.15) is 17.2 Å². The topological polar surface area (TPSA) is 158 Å². The Morgan fingerprint density at radius 3 is 1.44 bits per heavy atom. The lowest BCUT2D eigenvalue weighted by Crippen LogP contribution is -2.44. The van der Waals surface area contributed by atoms with E-state index in [1.807, 2.05) is 43.4 Å². The smallest absolute Gasteiger partial charge is 0.329 e. The summed E-state index contributed by atoms with van der Waals surface area (Å²) >= 11 is 1.99. The number of hydrogen-bond donors (Lipinski definition) is 3. The summed E-state index contributed by atoms with van der Waals surface area (Å²) in [5.41, 5.74) is -1.12. The number of amides is 3. The Morgan fingerprint density at radius 2 is 0.980 bits per heavy atom. The van der Waals surface area contributed by atoms with Gasteiger partial charge in [-0.3, -0.25) is 19.2 Å². The normalized spacial score (nSPS) is 12.2. The maximum atomic E-state index is 12.8. The van der Waals surface area contributed by atoms with Crippen LogP contribution in [0.3, 0.4) is 0 Å². The van der Waals surface area contributed by atoms with Crippen molar-refractivity contribution in [1.29, 1.82) is 0 Å². The van der Waals surface area contributed by atoms with E-state index in [1.165, 1.54) is 32.1 Å². The minimum atomic E-state index is -0.896. The Labute approximate surface area is 315 Å². The molecule has 1 unspecified atom stereocenters. The van der Waals surface area contributed by atoms with Crippen molar-refractivity contribution < 1.29 is 42.9 Å². The van der Waals surface area contributed by atoms with Crippen LogP contribution < -0.4 is 16.0 Å². The van der Waals surface area contributed by atoms with E-state index in [4.69, 9.17) is 18.9 Å². The summed E-state index contributed by atoms with van der Waals surface area (Å²) in [6.07, 6.45) is 14.1. The minimum absolute atomic E-state index is 0.0289. The highest BCUT2D eigenvalue weighted by Crippen LogP contribution is 2.15. The van der Waals surface area contributed by atoms with E-state index >= 15 is 0 Å². The fourth-order valence-corrected chi connectivity index (χ4v) is 5.13. The maximum absolute atomic E-state index is 12.8. The lowest BCUT2D eigenvalue weighted by Gasteiger charge is -2.24. The summed E-state index contributed by atoms with van der Waals surface area (Å²) < 4.78 is 22.1. The van der Waals surface area contributed by atoms with Crippen molar-refractivity contribution in [2.45, 2.75) is 162 Å². The molecule has 292 valence electrons. The molecule has 0 bridgehead atoms. The van der Waals surface area contributed by atoms with Crippen molar-refractivity contribution in [1.82, 2.24) is 16.0 Å². The summed E-state index contributed by atoms with van der Waals surface area (Å²) in [5, 5.41) is 8.27. The van der Waals surface area contributed by atoms with E-state index in [0.29, 0.717) is 56.8 Å². The molecule has 3 N–H and O–H groups in total. The average Bonchev–Trinajstić information content (AvgIpc) is 3.02. The van der Waals surface area contributed by atoms with Crippen LogP contribution in [0.15, 0.2) is 0 Å². The van der Waals surface area contributed by atoms with Crippen molar-refractivity contribution in [3.05, 3.63) is 0 Å². The van der Waals surface area contributed by atoms with Gasteiger partial charge in [0, 0.05) is 32.4 Å². The number of nitrogens with one attached hydrogen (secondary N) is 3. The highest BCUT2D eigenvalue weighted by Gasteiger charge is 2.27. The summed E-state index contributed by atoms with van der Waals surface area (Å²) in [7, 11) is 0. The van der Waals surface area contributed by atoms with Gasteiger partial charge < -0.3 is 34.9 Å². The number of hydrogen-bond acceptors (Lipinski definition) is 9. The predicted molar refractivity (Wildman–Crippen MR) is 204 cm³/mol. The third-order valence-electron chi connectivity index (χ3n) is 7.27. The zero-order valence-electron chi connectivity index (χ0n) is 31.9. The maximum Gasteiger partial charge on any atom is 0.329 e. The third kappa shape index (κ3) is 33.2. The summed E-state index contributed by atoms with van der Waals surface area (Å²) in [6, 6.07) is -0.896. The van der Waals surface area contributed by atoms with Gasteiger partial charge in [-0.2, -0.15) is 0 Å². The first-order chi connectivity index (χ1) is 23.6. The molecule has 0 aliphatic carbocycles. The van der Waals surface area contributed by atoms with Crippen LogP contribution in [0.2, 0.25) is 0 Å². The SMILES string of the molecule is CC(C)(C)OC(=O)CCCCCCCCCCCCCCC(=O)NC(CCC(=O)NCCOCCOCCNC(=O)CI)C(=O)OC(C)(C)C. The van der Waals surface area contributed by atoms with Gasteiger partial charge >= 0.3 is 11.9 Å². The number of halogens is 1. The van der Waals surface area contributed by atoms with Crippen LogP contribution in [0.4, 0.5) is 0 Å². The van der Waals surface area contributed by atoms with Crippen molar-refractivity contribution in [3.63, 3.8) is 0 Å². The van der Waals surface area contributed by atoms with Crippen LogP contribution in [0.5, 0.6) is 0 Å². The molecule has 0 heterocycles. The lowest BCUT2D eigenvalue weighted by molar-refractivity contribution is -0.159. The Bertz CT molecular complexity index is 951. The third-order valence-corrected chi connectivity index (χ3v) is 7.96. The first-order valence-electron chi connectivity index (χ1n) is 18.6. The number of esters is 2. The number of alkyl halides is 1. The van der Waals surface area contributed by atoms with Crippen LogP contribution in [0.1, 0.15) is 144 Å². The zero-order valence-corrected chi connectivity index (χ0v) is 34.1. The minimum Gasteiger partial charge on any atom is -0.460 e. The molecule has 0 radical (unpaired) electrons. The first kappa shape index (κ1) is 48.0. The van der Waals surface area contributed by atoms with Gasteiger partial charge in [0.05, 0.1) is 30.9 Å². The molecule has 0 spiro atoms. The Balaban J connectivity index is 4.06. The van der Waals surface area contributed by atoms with Crippen LogP contribution in [0, 0.1) is 0 Å². The molecule has 0 fully saturated rings. The summed E-state index contributed by atoms with van der Waals surface area (Å²) in [4.78, 5) is 60.8. The van der Waals surface area contributed by atoms with Crippen molar-refractivity contribution in [3.8, 4) is 0 Å². The monoisotopic (exact) mass is 825 g/mol. The number of ether oxygens (including phenoxy) is 4. The van der Waals surface area contributed by atoms with Crippen LogP contribution in [-0.4, -0.2) is 90.8 Å². The number of rotatable bonds is 30. The number of unbranched alkanes of at least 4 members (excludes halogenated alkanes) is 11. The zero-order chi connectivity index (χ0) is 37.7. The number of carbonyl (C=O) groups is 5. The van der Waals surface area contributed by atoms with E-state index in [0.717, 1.165) is 44.9 Å². The first-order valence-corrected chi connectivity index (χ1v) is 20.1. The molecule has 0 aromatic carbocycles. The van der Waals surface area contributed by atoms with E-state index in [2.05, 4.69) is 16.0 Å². The van der Waals surface area contributed by atoms with Crippen molar-refractivity contribution >= 4 is 52.3 Å². The van der Waals surface area contributed by atoms with Crippen molar-refractivity contribution in [2.75, 3.05) is 43.9 Å². The van der Waals surface area contributed by atoms with Gasteiger partial charge in [0.25, 0.3) is 0 Å². The molecule has 0 aromatic rings. The van der Waals surface area contributed by atoms with Gasteiger partial charge in [-0.15, -0.1) is 0 Å². The van der Waals surface area contributed by atoms with Crippen LogP contribution in [0.25, 0.3) is 0 Å². The fourth-order valence-electron chi connectivity index (χ4n) is 4.86. The Kier molecular flexibility index (Phi) is 28.4. The molecule has 0 saturated carbocycles. The van der Waals surface area contributed by atoms with Gasteiger partial charge in [-0.05, 0) is 60.8 Å². The van der Waals surface area contributed by atoms with Gasteiger partial charge in [0.15, 0.2) is 0 Å². The molecule has 0 aliphatic heterocycles. The van der Waals surface area contributed by atoms with Crippen LogP contribution in [-0.2, 0) is 42.9 Å². The Morgan fingerprint density at radius 1 is 0.540 bits per heavy atom. The molecule has 12 nitrogen and oxygen atoms in total. The van der Waals surface area contributed by atoms with E-state index in [9.17, 15) is 24.0 Å². The highest BCUT2D eigenvalue weighted by atomic mass is 127. The van der Waals surface area contributed by atoms with Gasteiger partial charge in [-0.1, -0.05) is 86.8 Å². The van der Waals surface area contributed by atoms with E-state index in [1.54, 1.807) is 20.8 Å². The fraction of sp³-hybridized carbons (Fsp3) is 0.865. The second kappa shape index (κ2) is 29.6. The second-order valence-electron chi connectivity index (χ2n) is 14.6. The average molecular weight is 826 g/mol. The standard InChI is InChI=1S/C37H68IN3O9/c1-36(2,3)49-34(45)20-18-16-14-12-10-8-7-9-11-13-15-17-19-32(43)41-30(35(46)50-37(4,5)6)21-22-31(42)39-23-25-47-27-28-48-26-24-40-33(44)29-38/h30H,7-29H2,1-6H3,(H,39,42)(H,40,44)(H,41,43). The molecule has 0 aromatic heterocycles. The molecule has 1 atom stereocenters. The summed E-state index contributed by atoms with van der Waals surface area (Å²) in [6.45, 7) is 13.2. The second-order valence-corrected chi connectivity index (χ2v) is 15.3. The molecular formula is C37H68IN3O9. The van der Waals surface area contributed by atoms with Crippen molar-refractivity contribution in [2.24, 2.45) is 0 Å². The molecule has 0 aliphatic rings. The van der Waals surface area contributed by atoms with Gasteiger partial charge in [-0.25, -0.2) is 4.79 Å². The van der Waals surface area contributed by atoms with Crippen LogP contribution >= 0.6 is 22.6 Å². The molecule has 0 rings (SSSR count). The molecule has 3 amide bonds. The number of carbonyl (C=O) groups excluding carboxylic acids is 5. The Hall–Kier alpha value is -2.00. The predicted octanol–water partition coefficient (Wildman–Crippen LogP) is 6.10. The highest BCUT2D eigenvalue weighted by molar-refractivity contribution is 14.1. The van der Waals surface area contributed by atoms with E-state index in [-0.39, 0.29) is 36.5 Å². The lowest BCUT2D eigenvalue weighted by atomic mass is 10.0. The van der Waals surface area contributed by atoms with Gasteiger partial charge in [0.2, 0.25) is 17.7 Å². The van der Waals surface area contributed by atoms with E-state index < -0.39 is 23.2 Å².